The maximum Gasteiger partial charge on any atom is 0.271 e. The summed E-state index contributed by atoms with van der Waals surface area (Å²) in [5.41, 5.74) is 0.732. The van der Waals surface area contributed by atoms with Crippen LogP contribution in [0.3, 0.4) is 0 Å². The zero-order valence-corrected chi connectivity index (χ0v) is 9.77. The molecule has 0 spiro atoms. The predicted molar refractivity (Wildman–Crippen MR) is 66.8 cm³/mol. The van der Waals surface area contributed by atoms with Gasteiger partial charge in [0.05, 0.1) is 4.92 Å². The molecule has 4 nitrogen and oxygen atoms in total. The molecule has 0 fully saturated rings. The number of nitro groups is 1. The van der Waals surface area contributed by atoms with Crippen LogP contribution in [0.5, 0.6) is 0 Å². The molecule has 1 N–H and O–H groups in total. The summed E-state index contributed by atoms with van der Waals surface area (Å²) in [6.45, 7) is 0.118. The second kappa shape index (κ2) is 5.43. The highest BCUT2D eigenvalue weighted by Crippen LogP contribution is 2.18. The van der Waals surface area contributed by atoms with Crippen molar-refractivity contribution in [2.24, 2.45) is 0 Å². The predicted octanol–water partition coefficient (Wildman–Crippen LogP) is 3.49. The number of non-ortho nitro benzene ring substituents is 1. The summed E-state index contributed by atoms with van der Waals surface area (Å²) in [4.78, 5) is 10.1. The molecule has 0 aliphatic heterocycles. The Balaban J connectivity index is 2.10. The molecule has 6 heteroatoms. The average molecular weight is 264 g/mol. The Bertz CT molecular complexity index is 617. The zero-order chi connectivity index (χ0) is 13.8. The second-order valence-electron chi connectivity index (χ2n) is 3.90. The van der Waals surface area contributed by atoms with Gasteiger partial charge in [0.15, 0.2) is 0 Å². The van der Waals surface area contributed by atoms with E-state index in [0.29, 0.717) is 5.69 Å². The van der Waals surface area contributed by atoms with E-state index >= 15 is 0 Å². The van der Waals surface area contributed by atoms with Gasteiger partial charge in [-0.25, -0.2) is 8.78 Å². The van der Waals surface area contributed by atoms with Crippen LogP contribution >= 0.6 is 0 Å². The van der Waals surface area contributed by atoms with Gasteiger partial charge in [-0.1, -0.05) is 12.1 Å². The minimum absolute atomic E-state index is 0.0513. The van der Waals surface area contributed by atoms with Gasteiger partial charge >= 0.3 is 0 Å². The highest BCUT2D eigenvalue weighted by molar-refractivity contribution is 5.51. The van der Waals surface area contributed by atoms with Crippen LogP contribution in [0.4, 0.5) is 20.2 Å². The van der Waals surface area contributed by atoms with Crippen LogP contribution in [-0.2, 0) is 6.54 Å². The van der Waals surface area contributed by atoms with Crippen molar-refractivity contribution in [3.63, 3.8) is 0 Å². The number of hydrogen-bond acceptors (Lipinski definition) is 3. The fraction of sp³-hybridized carbons (Fsp3) is 0.0769. The van der Waals surface area contributed by atoms with Crippen LogP contribution in [0.25, 0.3) is 0 Å². The number of nitrogens with one attached hydrogen (secondary N) is 1. The van der Waals surface area contributed by atoms with Gasteiger partial charge < -0.3 is 5.32 Å². The van der Waals surface area contributed by atoms with Gasteiger partial charge in [-0.2, -0.15) is 0 Å². The third kappa shape index (κ3) is 3.25. The van der Waals surface area contributed by atoms with Gasteiger partial charge in [0.1, 0.15) is 11.6 Å². The second-order valence-corrected chi connectivity index (χ2v) is 3.90. The number of anilines is 1. The Labute approximate surface area is 107 Å². The maximum absolute atomic E-state index is 13.4. The molecule has 0 saturated heterocycles. The summed E-state index contributed by atoms with van der Waals surface area (Å²) in [5.74, 6) is -1.30. The van der Waals surface area contributed by atoms with Crippen LogP contribution in [0.1, 0.15) is 5.56 Å². The van der Waals surface area contributed by atoms with E-state index in [1.165, 1.54) is 24.3 Å². The van der Waals surface area contributed by atoms with Gasteiger partial charge in [-0.05, 0) is 12.1 Å². The lowest BCUT2D eigenvalue weighted by Gasteiger charge is -2.07. The minimum Gasteiger partial charge on any atom is -0.381 e. The van der Waals surface area contributed by atoms with Crippen molar-refractivity contribution in [1.82, 2.24) is 0 Å². The summed E-state index contributed by atoms with van der Waals surface area (Å²) in [6.07, 6.45) is 0. The molecule has 0 bridgehead atoms. The molecule has 0 atom stereocenters. The van der Waals surface area contributed by atoms with Crippen LogP contribution in [0.2, 0.25) is 0 Å². The molecule has 2 rings (SSSR count). The lowest BCUT2D eigenvalue weighted by Crippen LogP contribution is -2.02. The number of rotatable bonds is 4. The maximum atomic E-state index is 13.4. The lowest BCUT2D eigenvalue weighted by atomic mass is 10.2. The van der Waals surface area contributed by atoms with Gasteiger partial charge in [0, 0.05) is 36.0 Å². The Kier molecular flexibility index (Phi) is 3.70. The van der Waals surface area contributed by atoms with Crippen molar-refractivity contribution in [1.29, 1.82) is 0 Å². The van der Waals surface area contributed by atoms with E-state index in [4.69, 9.17) is 0 Å². The van der Waals surface area contributed by atoms with Crippen LogP contribution in [-0.4, -0.2) is 4.92 Å². The molecule has 0 heterocycles. The molecule has 0 aliphatic carbocycles. The topological polar surface area (TPSA) is 55.2 Å². The number of nitro benzene ring substituents is 1. The van der Waals surface area contributed by atoms with E-state index in [1.807, 2.05) is 0 Å². The Morgan fingerprint density at radius 2 is 1.95 bits per heavy atom. The third-order valence-electron chi connectivity index (χ3n) is 2.56. The molecular formula is C13H10F2N2O2. The number of nitrogens with zero attached hydrogens (tertiary/aromatic N) is 1. The number of hydrogen-bond donors (Lipinski definition) is 1. The summed E-state index contributed by atoms with van der Waals surface area (Å²) in [7, 11) is 0. The molecule has 0 aliphatic rings. The molecule has 2 aromatic carbocycles. The summed E-state index contributed by atoms with van der Waals surface area (Å²) in [5, 5.41) is 13.4. The summed E-state index contributed by atoms with van der Waals surface area (Å²) in [6, 6.07) is 9.16. The quantitative estimate of drug-likeness (QED) is 0.679. The molecule has 0 aromatic heterocycles. The summed E-state index contributed by atoms with van der Waals surface area (Å²) < 4.78 is 26.1. The third-order valence-corrected chi connectivity index (χ3v) is 2.56. The molecule has 0 saturated carbocycles. The van der Waals surface area contributed by atoms with Crippen LogP contribution < -0.4 is 5.32 Å². The first-order valence-electron chi connectivity index (χ1n) is 5.48. The van der Waals surface area contributed by atoms with Crippen molar-refractivity contribution < 1.29 is 13.7 Å². The number of halogens is 2. The van der Waals surface area contributed by atoms with Gasteiger partial charge in [-0.15, -0.1) is 0 Å². The van der Waals surface area contributed by atoms with E-state index in [9.17, 15) is 18.9 Å². The van der Waals surface area contributed by atoms with Crippen molar-refractivity contribution >= 4 is 11.4 Å². The molecule has 0 unspecified atom stereocenters. The Morgan fingerprint density at radius 3 is 2.63 bits per heavy atom. The van der Waals surface area contributed by atoms with Gasteiger partial charge in [0.2, 0.25) is 0 Å². The molecule has 98 valence electrons. The first-order valence-corrected chi connectivity index (χ1v) is 5.48. The molecule has 0 amide bonds. The van der Waals surface area contributed by atoms with E-state index in [-0.39, 0.29) is 17.8 Å². The van der Waals surface area contributed by atoms with Crippen molar-refractivity contribution in [2.45, 2.75) is 6.54 Å². The Morgan fingerprint density at radius 1 is 1.16 bits per heavy atom. The lowest BCUT2D eigenvalue weighted by molar-refractivity contribution is -0.384. The zero-order valence-electron chi connectivity index (χ0n) is 9.77. The first-order chi connectivity index (χ1) is 9.06. The Hall–Kier alpha value is -2.50. The van der Waals surface area contributed by atoms with Crippen LogP contribution in [0, 0.1) is 21.7 Å². The molecule has 2 aromatic rings. The van der Waals surface area contributed by atoms with Gasteiger partial charge in [0.25, 0.3) is 5.69 Å². The average Bonchev–Trinajstić information content (AvgIpc) is 2.38. The monoisotopic (exact) mass is 264 g/mol. The minimum atomic E-state index is -0.655. The largest absolute Gasteiger partial charge is 0.381 e. The molecular weight excluding hydrogens is 254 g/mol. The van der Waals surface area contributed by atoms with Gasteiger partial charge in [-0.3, -0.25) is 10.1 Å². The first kappa shape index (κ1) is 12.9. The molecule has 19 heavy (non-hydrogen) atoms. The normalized spacial score (nSPS) is 10.2. The standard InChI is InChI=1S/C13H10F2N2O2/c14-10-5-4-9(13(15)6-10)8-16-11-2-1-3-12(7-11)17(18)19/h1-7,16H,8H2. The SMILES string of the molecule is O=[N+]([O-])c1cccc(NCc2ccc(F)cc2F)c1. The molecule has 0 radical (unpaired) electrons. The smallest absolute Gasteiger partial charge is 0.271 e. The van der Waals surface area contributed by atoms with Crippen molar-refractivity contribution in [3.05, 3.63) is 69.8 Å². The number of benzene rings is 2. The van der Waals surface area contributed by atoms with Crippen molar-refractivity contribution in [3.8, 4) is 0 Å². The summed E-state index contributed by atoms with van der Waals surface area (Å²) >= 11 is 0. The van der Waals surface area contributed by atoms with E-state index < -0.39 is 16.6 Å². The fourth-order valence-corrected chi connectivity index (χ4v) is 1.59. The van der Waals surface area contributed by atoms with E-state index in [1.54, 1.807) is 6.07 Å². The van der Waals surface area contributed by atoms with Crippen LogP contribution in [0.15, 0.2) is 42.5 Å². The van der Waals surface area contributed by atoms with E-state index in [0.717, 1.165) is 12.1 Å². The van der Waals surface area contributed by atoms with Crippen molar-refractivity contribution in [2.75, 3.05) is 5.32 Å². The van der Waals surface area contributed by atoms with E-state index in [2.05, 4.69) is 5.32 Å². The highest BCUT2D eigenvalue weighted by Gasteiger charge is 2.07. The highest BCUT2D eigenvalue weighted by atomic mass is 19.1. The fourth-order valence-electron chi connectivity index (χ4n) is 1.59.